The van der Waals surface area contributed by atoms with Crippen LogP contribution in [0.15, 0.2) is 89.2 Å². The second-order valence-corrected chi connectivity index (χ2v) is 10.3. The number of thioether (sulfide) groups is 1. The van der Waals surface area contributed by atoms with Crippen LogP contribution in [0.1, 0.15) is 36.6 Å². The number of nitrogens with one attached hydrogen (secondary N) is 1. The maximum Gasteiger partial charge on any atom is 0.227 e. The zero-order valence-corrected chi connectivity index (χ0v) is 22.6. The summed E-state index contributed by atoms with van der Waals surface area (Å²) in [5.41, 5.74) is 4.04. The molecule has 2 heterocycles. The van der Waals surface area contributed by atoms with Gasteiger partial charge in [-0.05, 0) is 37.6 Å². The monoisotopic (exact) mass is 550 g/mol. The number of Topliss-reactive ketones (excluding diaryl/α,β-unsaturated/α-hetero) is 1. The summed E-state index contributed by atoms with van der Waals surface area (Å²) in [5.74, 6) is 1.78. The number of hydrogen-bond donors (Lipinski definition) is 1. The number of anilines is 1. The van der Waals surface area contributed by atoms with Crippen molar-refractivity contribution in [1.29, 1.82) is 0 Å². The number of nitrogens with zero attached hydrogens (tertiary/aromatic N) is 3. The van der Waals surface area contributed by atoms with E-state index in [1.165, 1.54) is 11.8 Å². The number of hydrogen-bond acceptors (Lipinski definition) is 6. The zero-order chi connectivity index (χ0) is 25.9. The first kappa shape index (κ1) is 25.4. The summed E-state index contributed by atoms with van der Waals surface area (Å²) in [6.07, 6.45) is 0. The molecule has 37 heavy (non-hydrogen) atoms. The molecule has 0 radical (unpaired) electrons. The Balaban J connectivity index is 1.49. The molecule has 1 aliphatic rings. The number of ketones is 1. The molecular formula is C28H24Cl2N4O2S. The molecule has 4 aromatic rings. The maximum absolute atomic E-state index is 12.9. The predicted octanol–water partition coefficient (Wildman–Crippen LogP) is 7.33. The Hall–Kier alpha value is -3.26. The number of fused-ring (bicyclic) bond motifs is 1. The average Bonchev–Trinajstić information content (AvgIpc) is 3.29. The Morgan fingerprint density at radius 2 is 1.65 bits per heavy atom. The molecule has 5 rings (SSSR count). The molecule has 1 aliphatic heterocycles. The van der Waals surface area contributed by atoms with E-state index in [0.717, 1.165) is 22.4 Å². The summed E-state index contributed by atoms with van der Waals surface area (Å²) in [4.78, 5) is 17.6. The Bertz CT molecular complexity index is 1500. The second-order valence-electron chi connectivity index (χ2n) is 8.58. The number of carbonyl (C=O) groups is 1. The van der Waals surface area contributed by atoms with E-state index in [9.17, 15) is 4.79 Å². The highest BCUT2D eigenvalue weighted by atomic mass is 35.5. The quantitative estimate of drug-likeness (QED) is 0.231. The fraction of sp³-hybridized carbons (Fsp3) is 0.179. The van der Waals surface area contributed by atoms with E-state index in [1.807, 2.05) is 79.7 Å². The standard InChI is InChI=1S/C28H24Cl2N4O2S/c1-17-25(18(2)35)26(21-11-5-8-14-24(21)36-15-19-9-3-6-12-22(19)29)34-27(31-17)32-28(33-34)37-16-20-10-4-7-13-23(20)30/h3-14,26H,15-16H2,1-2H3,(H,31,32,33). The minimum Gasteiger partial charge on any atom is -0.488 e. The molecule has 0 fully saturated rings. The van der Waals surface area contributed by atoms with Crippen LogP contribution in [0.2, 0.25) is 10.0 Å². The fourth-order valence-electron chi connectivity index (χ4n) is 4.30. The molecule has 0 aliphatic carbocycles. The van der Waals surface area contributed by atoms with Gasteiger partial charge in [0.2, 0.25) is 11.1 Å². The molecule has 1 N–H and O–H groups in total. The minimum absolute atomic E-state index is 0.0534. The summed E-state index contributed by atoms with van der Waals surface area (Å²) in [6.45, 7) is 3.74. The zero-order valence-electron chi connectivity index (χ0n) is 20.2. The van der Waals surface area contributed by atoms with Crippen molar-refractivity contribution in [3.8, 4) is 5.75 Å². The van der Waals surface area contributed by atoms with Crippen LogP contribution >= 0.6 is 35.0 Å². The lowest BCUT2D eigenvalue weighted by atomic mass is 9.92. The van der Waals surface area contributed by atoms with Crippen molar-refractivity contribution >= 4 is 46.7 Å². The summed E-state index contributed by atoms with van der Waals surface area (Å²) in [7, 11) is 0. The van der Waals surface area contributed by atoms with Gasteiger partial charge in [-0.3, -0.25) is 4.79 Å². The summed E-state index contributed by atoms with van der Waals surface area (Å²) in [6, 6.07) is 22.5. The molecule has 0 spiro atoms. The topological polar surface area (TPSA) is 69.0 Å². The van der Waals surface area contributed by atoms with Gasteiger partial charge in [0.1, 0.15) is 18.4 Å². The normalized spacial score (nSPS) is 14.8. The van der Waals surface area contributed by atoms with Crippen molar-refractivity contribution < 1.29 is 9.53 Å². The van der Waals surface area contributed by atoms with E-state index < -0.39 is 6.04 Å². The van der Waals surface area contributed by atoms with E-state index in [1.54, 1.807) is 11.6 Å². The number of benzene rings is 3. The van der Waals surface area contributed by atoms with Crippen LogP contribution in [0.25, 0.3) is 0 Å². The molecule has 0 saturated heterocycles. The first-order chi connectivity index (χ1) is 17.9. The van der Waals surface area contributed by atoms with Gasteiger partial charge >= 0.3 is 0 Å². The Morgan fingerprint density at radius 3 is 2.35 bits per heavy atom. The van der Waals surface area contributed by atoms with Crippen LogP contribution in [0.3, 0.4) is 0 Å². The van der Waals surface area contributed by atoms with E-state index in [0.29, 0.717) is 44.8 Å². The van der Waals surface area contributed by atoms with Gasteiger partial charge in [-0.2, -0.15) is 4.98 Å². The van der Waals surface area contributed by atoms with E-state index in [-0.39, 0.29) is 5.78 Å². The number of aromatic nitrogens is 3. The Morgan fingerprint density at radius 1 is 1.00 bits per heavy atom. The number of halogens is 2. The summed E-state index contributed by atoms with van der Waals surface area (Å²) in [5, 5.41) is 9.98. The smallest absolute Gasteiger partial charge is 0.227 e. The van der Waals surface area contributed by atoms with E-state index in [2.05, 4.69) is 5.32 Å². The van der Waals surface area contributed by atoms with Crippen LogP contribution in [0.4, 0.5) is 5.95 Å². The maximum atomic E-state index is 12.9. The molecule has 0 bridgehead atoms. The Kier molecular flexibility index (Phi) is 7.55. The number of rotatable bonds is 8. The molecule has 188 valence electrons. The van der Waals surface area contributed by atoms with Crippen molar-refractivity contribution in [3.05, 3.63) is 111 Å². The van der Waals surface area contributed by atoms with Crippen LogP contribution in [-0.4, -0.2) is 20.5 Å². The third-order valence-corrected chi connectivity index (χ3v) is 7.71. The first-order valence-corrected chi connectivity index (χ1v) is 13.4. The van der Waals surface area contributed by atoms with Gasteiger partial charge in [-0.15, -0.1) is 5.10 Å². The highest BCUT2D eigenvalue weighted by molar-refractivity contribution is 7.98. The minimum atomic E-state index is -0.502. The molecule has 9 heteroatoms. The molecule has 6 nitrogen and oxygen atoms in total. The second kappa shape index (κ2) is 11.0. The van der Waals surface area contributed by atoms with Gasteiger partial charge in [-0.1, -0.05) is 89.6 Å². The Labute approximate surface area is 229 Å². The lowest BCUT2D eigenvalue weighted by Gasteiger charge is -2.29. The van der Waals surface area contributed by atoms with Gasteiger partial charge in [0.15, 0.2) is 5.78 Å². The van der Waals surface area contributed by atoms with Gasteiger partial charge in [0.05, 0.1) is 0 Å². The molecule has 1 unspecified atom stereocenters. The van der Waals surface area contributed by atoms with E-state index in [4.69, 9.17) is 38.0 Å². The van der Waals surface area contributed by atoms with Crippen LogP contribution in [-0.2, 0) is 17.2 Å². The highest BCUT2D eigenvalue weighted by Crippen LogP contribution is 2.40. The first-order valence-electron chi connectivity index (χ1n) is 11.7. The van der Waals surface area contributed by atoms with Crippen LogP contribution in [0.5, 0.6) is 5.75 Å². The largest absolute Gasteiger partial charge is 0.488 e. The third kappa shape index (κ3) is 5.39. The number of ether oxygens (including phenoxy) is 1. The summed E-state index contributed by atoms with van der Waals surface area (Å²) < 4.78 is 8.00. The van der Waals surface area contributed by atoms with Crippen LogP contribution < -0.4 is 10.1 Å². The SMILES string of the molecule is CC(=O)C1=C(C)Nc2nc(SCc3ccccc3Cl)nn2C1c1ccccc1OCc1ccccc1Cl. The lowest BCUT2D eigenvalue weighted by Crippen LogP contribution is -2.28. The lowest BCUT2D eigenvalue weighted by molar-refractivity contribution is -0.114. The molecule has 0 saturated carbocycles. The van der Waals surface area contributed by atoms with Crippen molar-refractivity contribution in [2.45, 2.75) is 37.4 Å². The predicted molar refractivity (Wildman–Crippen MR) is 148 cm³/mol. The van der Waals surface area contributed by atoms with Gasteiger partial charge in [-0.25, -0.2) is 4.68 Å². The number of para-hydroxylation sites is 1. The molecular weight excluding hydrogens is 527 g/mol. The number of allylic oxidation sites excluding steroid dienone is 2. The van der Waals surface area contributed by atoms with Crippen molar-refractivity contribution in [2.24, 2.45) is 0 Å². The third-order valence-electron chi connectivity index (χ3n) is 6.08. The van der Waals surface area contributed by atoms with Crippen molar-refractivity contribution in [2.75, 3.05) is 5.32 Å². The highest BCUT2D eigenvalue weighted by Gasteiger charge is 2.34. The van der Waals surface area contributed by atoms with Crippen molar-refractivity contribution in [1.82, 2.24) is 14.8 Å². The van der Waals surface area contributed by atoms with Crippen LogP contribution in [0, 0.1) is 0 Å². The van der Waals surface area contributed by atoms with Gasteiger partial charge in [0, 0.05) is 38.2 Å². The molecule has 1 atom stereocenters. The van der Waals surface area contributed by atoms with E-state index >= 15 is 0 Å². The molecule has 1 aromatic heterocycles. The number of carbonyl (C=O) groups excluding carboxylic acids is 1. The van der Waals surface area contributed by atoms with Gasteiger partial charge in [0.25, 0.3) is 0 Å². The average molecular weight is 551 g/mol. The van der Waals surface area contributed by atoms with Crippen molar-refractivity contribution in [3.63, 3.8) is 0 Å². The molecule has 0 amide bonds. The summed E-state index contributed by atoms with van der Waals surface area (Å²) >= 11 is 14.2. The molecule has 3 aromatic carbocycles. The fourth-order valence-corrected chi connectivity index (χ4v) is 5.61. The van der Waals surface area contributed by atoms with Gasteiger partial charge < -0.3 is 10.1 Å².